The van der Waals surface area contributed by atoms with Crippen LogP contribution in [0.4, 0.5) is 11.4 Å². The van der Waals surface area contributed by atoms with Crippen LogP contribution in [0, 0.1) is 6.92 Å². The van der Waals surface area contributed by atoms with Crippen molar-refractivity contribution in [3.63, 3.8) is 0 Å². The minimum absolute atomic E-state index is 0.175. The number of rotatable bonds is 5. The van der Waals surface area contributed by atoms with Gasteiger partial charge in [-0.05, 0) is 79.1 Å². The van der Waals surface area contributed by atoms with Crippen molar-refractivity contribution >= 4 is 71.9 Å². The third-order valence-corrected chi connectivity index (χ3v) is 6.46. The highest BCUT2D eigenvalue weighted by Crippen LogP contribution is 2.25. The van der Waals surface area contributed by atoms with Crippen molar-refractivity contribution in [3.8, 4) is 0 Å². The predicted octanol–water partition coefficient (Wildman–Crippen LogP) is 6.00. The van der Waals surface area contributed by atoms with Gasteiger partial charge in [-0.25, -0.2) is 4.68 Å². The summed E-state index contributed by atoms with van der Waals surface area (Å²) in [4.78, 5) is 38.6. The number of hydrogen-bond acceptors (Lipinski definition) is 3. The van der Waals surface area contributed by atoms with Crippen LogP contribution < -0.4 is 16.1 Å². The highest BCUT2D eigenvalue weighted by atomic mass is 79.9. The van der Waals surface area contributed by atoms with Crippen LogP contribution in [0.2, 0.25) is 0 Å². The van der Waals surface area contributed by atoms with E-state index in [0.717, 1.165) is 26.5 Å². The van der Waals surface area contributed by atoms with Crippen molar-refractivity contribution < 1.29 is 14.4 Å². The smallest absolute Gasteiger partial charge is 0.320 e. The Morgan fingerprint density at radius 3 is 2.20 bits per heavy atom. The van der Waals surface area contributed by atoms with Gasteiger partial charge in [0.25, 0.3) is 5.91 Å². The molecule has 0 saturated heterocycles. The fraction of sp³-hybridized carbons (Fsp3) is 0.115. The van der Waals surface area contributed by atoms with Gasteiger partial charge in [-0.15, -0.1) is 0 Å². The summed E-state index contributed by atoms with van der Waals surface area (Å²) in [6, 6.07) is 19.8. The Bertz CT molecular complexity index is 1450. The molecule has 0 saturated carbocycles. The lowest BCUT2D eigenvalue weighted by atomic mass is 10.1. The van der Waals surface area contributed by atoms with Crippen molar-refractivity contribution in [3.05, 3.63) is 92.5 Å². The quantitative estimate of drug-likeness (QED) is 0.246. The first-order valence-electron chi connectivity index (χ1n) is 10.8. The van der Waals surface area contributed by atoms with Gasteiger partial charge >= 0.3 is 11.8 Å². The Labute approximate surface area is 219 Å². The maximum Gasteiger partial charge on any atom is 0.328 e. The number of benzene rings is 3. The van der Waals surface area contributed by atoms with Gasteiger partial charge in [0.1, 0.15) is 5.69 Å². The normalized spacial score (nSPS) is 10.7. The summed E-state index contributed by atoms with van der Waals surface area (Å²) in [5.74, 6) is -2.18. The molecular weight excluding hydrogens is 576 g/mol. The molecule has 1 aromatic heterocycles. The maximum absolute atomic E-state index is 13.2. The molecule has 4 rings (SSSR count). The molecule has 0 unspecified atom stereocenters. The lowest BCUT2D eigenvalue weighted by Crippen LogP contribution is -2.36. The first-order valence-corrected chi connectivity index (χ1v) is 12.4. The van der Waals surface area contributed by atoms with Crippen LogP contribution in [0.25, 0.3) is 10.9 Å². The van der Waals surface area contributed by atoms with Crippen molar-refractivity contribution in [2.75, 3.05) is 16.1 Å². The van der Waals surface area contributed by atoms with Gasteiger partial charge in [0.15, 0.2) is 0 Å². The van der Waals surface area contributed by atoms with E-state index < -0.39 is 17.7 Å². The molecule has 35 heavy (non-hydrogen) atoms. The third kappa shape index (κ3) is 5.63. The van der Waals surface area contributed by atoms with E-state index in [4.69, 9.17) is 0 Å². The van der Waals surface area contributed by atoms with E-state index in [2.05, 4.69) is 47.9 Å². The zero-order valence-electron chi connectivity index (χ0n) is 19.0. The molecule has 0 aliphatic carbocycles. The molecule has 3 N–H and O–H groups in total. The molecule has 178 valence electrons. The van der Waals surface area contributed by atoms with Gasteiger partial charge in [0.2, 0.25) is 0 Å². The zero-order valence-corrected chi connectivity index (χ0v) is 22.2. The molecule has 4 aromatic rings. The van der Waals surface area contributed by atoms with Gasteiger partial charge in [-0.1, -0.05) is 50.9 Å². The average Bonchev–Trinajstić information content (AvgIpc) is 3.18. The number of amides is 3. The van der Waals surface area contributed by atoms with E-state index in [1.165, 1.54) is 4.68 Å². The number of carbonyl (C=O) groups is 3. The monoisotopic (exact) mass is 596 g/mol. The van der Waals surface area contributed by atoms with Crippen molar-refractivity contribution in [2.24, 2.45) is 0 Å². The summed E-state index contributed by atoms with van der Waals surface area (Å²) in [6.45, 7) is 3.92. The second-order valence-corrected chi connectivity index (χ2v) is 9.76. The van der Waals surface area contributed by atoms with Gasteiger partial charge < -0.3 is 10.6 Å². The van der Waals surface area contributed by atoms with Crippen LogP contribution in [0.3, 0.4) is 0 Å². The zero-order chi connectivity index (χ0) is 25.1. The molecule has 0 aliphatic rings. The molecule has 0 spiro atoms. The molecule has 1 heterocycles. The van der Waals surface area contributed by atoms with Crippen LogP contribution in [0.5, 0.6) is 0 Å². The molecule has 0 atom stereocenters. The number of carbonyl (C=O) groups excluding carboxylic acids is 3. The lowest BCUT2D eigenvalue weighted by Gasteiger charge is -2.14. The van der Waals surface area contributed by atoms with E-state index in [9.17, 15) is 14.4 Å². The number of hydrogen-bond donors (Lipinski definition) is 3. The Kier molecular flexibility index (Phi) is 7.37. The fourth-order valence-electron chi connectivity index (χ4n) is 3.59. The van der Waals surface area contributed by atoms with Crippen molar-refractivity contribution in [1.29, 1.82) is 0 Å². The minimum atomic E-state index is -0.904. The van der Waals surface area contributed by atoms with Crippen LogP contribution >= 0.6 is 31.9 Å². The fourth-order valence-corrected chi connectivity index (χ4v) is 4.45. The van der Waals surface area contributed by atoms with Crippen molar-refractivity contribution in [1.82, 2.24) is 4.68 Å². The second-order valence-electron chi connectivity index (χ2n) is 7.93. The molecular formula is C26H22Br2N4O3. The number of aromatic nitrogens is 1. The van der Waals surface area contributed by atoms with Crippen LogP contribution in [-0.4, -0.2) is 22.4 Å². The average molecular weight is 598 g/mol. The molecule has 7 nitrogen and oxygen atoms in total. The molecule has 3 amide bonds. The van der Waals surface area contributed by atoms with Crippen LogP contribution in [0.1, 0.15) is 28.5 Å². The highest BCUT2D eigenvalue weighted by molar-refractivity contribution is 9.10. The topological polar surface area (TPSA) is 92.2 Å². The minimum Gasteiger partial charge on any atom is -0.320 e. The summed E-state index contributed by atoms with van der Waals surface area (Å²) in [6.07, 6.45) is 0.871. The number of nitrogens with zero attached hydrogens (tertiary/aromatic N) is 1. The van der Waals surface area contributed by atoms with E-state index in [-0.39, 0.29) is 5.69 Å². The van der Waals surface area contributed by atoms with Gasteiger partial charge in [0.05, 0.1) is 5.52 Å². The summed E-state index contributed by atoms with van der Waals surface area (Å²) < 4.78 is 3.04. The Morgan fingerprint density at radius 2 is 1.51 bits per heavy atom. The summed E-state index contributed by atoms with van der Waals surface area (Å²) in [5.41, 5.74) is 6.44. The number of aryl methyl sites for hydroxylation is 2. The largest absolute Gasteiger partial charge is 0.328 e. The molecule has 3 aromatic carbocycles. The number of fused-ring (bicyclic) bond motifs is 1. The lowest BCUT2D eigenvalue weighted by molar-refractivity contribution is -0.133. The van der Waals surface area contributed by atoms with Crippen LogP contribution in [0.15, 0.2) is 75.7 Å². The van der Waals surface area contributed by atoms with Gasteiger partial charge in [0, 0.05) is 25.7 Å². The van der Waals surface area contributed by atoms with E-state index in [1.54, 1.807) is 36.4 Å². The Balaban J connectivity index is 1.61. The SMILES string of the molecule is CCc1ccc(NC(=O)C(=O)Nn2c(C(=O)Nc3ccc(Br)cc3C)cc3cc(Br)ccc32)cc1. The van der Waals surface area contributed by atoms with E-state index in [1.807, 2.05) is 44.2 Å². The van der Waals surface area contributed by atoms with Gasteiger partial charge in [-0.3, -0.25) is 19.8 Å². The first-order chi connectivity index (χ1) is 16.7. The molecule has 0 aliphatic heterocycles. The standard InChI is InChI=1S/C26H22Br2N4O3/c1-3-16-4-8-20(9-5-16)29-25(34)26(35)31-32-22-11-7-19(28)13-17(22)14-23(32)24(33)30-21-10-6-18(27)12-15(21)2/h4-14H,3H2,1-2H3,(H,29,34)(H,30,33)(H,31,35). The predicted molar refractivity (Wildman–Crippen MR) is 145 cm³/mol. The van der Waals surface area contributed by atoms with Crippen LogP contribution in [-0.2, 0) is 16.0 Å². The molecule has 0 bridgehead atoms. The third-order valence-electron chi connectivity index (χ3n) is 5.47. The summed E-state index contributed by atoms with van der Waals surface area (Å²) >= 11 is 6.84. The summed E-state index contributed by atoms with van der Waals surface area (Å²) in [5, 5.41) is 6.18. The Hall–Kier alpha value is -3.43. The molecule has 9 heteroatoms. The number of anilines is 2. The van der Waals surface area contributed by atoms with Gasteiger partial charge in [-0.2, -0.15) is 0 Å². The van der Waals surface area contributed by atoms with Crippen molar-refractivity contribution in [2.45, 2.75) is 20.3 Å². The maximum atomic E-state index is 13.2. The summed E-state index contributed by atoms with van der Waals surface area (Å²) in [7, 11) is 0. The van der Waals surface area contributed by atoms with E-state index >= 15 is 0 Å². The van der Waals surface area contributed by atoms with E-state index in [0.29, 0.717) is 22.3 Å². The number of nitrogens with one attached hydrogen (secondary N) is 3. The number of halogens is 2. The first kappa shape index (κ1) is 24.7. The Morgan fingerprint density at radius 1 is 0.829 bits per heavy atom. The highest BCUT2D eigenvalue weighted by Gasteiger charge is 2.21. The molecule has 0 fully saturated rings. The molecule has 0 radical (unpaired) electrons. The second kappa shape index (κ2) is 10.5.